The summed E-state index contributed by atoms with van der Waals surface area (Å²) in [5, 5.41) is 3.34. The normalized spacial score (nSPS) is 10.1. The molecule has 0 fully saturated rings. The number of amides is 2. The van der Waals surface area contributed by atoms with E-state index in [1.54, 1.807) is 42.5 Å². The summed E-state index contributed by atoms with van der Waals surface area (Å²) < 4.78 is 0.806. The van der Waals surface area contributed by atoms with Gasteiger partial charge >= 0.3 is 0 Å². The third kappa shape index (κ3) is 3.49. The number of benzene rings is 2. The van der Waals surface area contributed by atoms with Crippen LogP contribution in [-0.2, 0) is 0 Å². The molecule has 0 aliphatic rings. The predicted octanol–water partition coefficient (Wildman–Crippen LogP) is 3.30. The van der Waals surface area contributed by atoms with Crippen LogP contribution in [0.3, 0.4) is 0 Å². The summed E-state index contributed by atoms with van der Waals surface area (Å²) in [5.41, 5.74) is 6.64. The zero-order valence-corrected chi connectivity index (χ0v) is 13.1. The molecule has 6 heteroatoms. The lowest BCUT2D eigenvalue weighted by Gasteiger charge is -2.06. The zero-order valence-electron chi connectivity index (χ0n) is 10.2. The lowest BCUT2D eigenvalue weighted by molar-refractivity contribution is 0.0998. The van der Waals surface area contributed by atoms with E-state index in [2.05, 4.69) is 27.9 Å². The van der Waals surface area contributed by atoms with Gasteiger partial charge in [-0.15, -0.1) is 0 Å². The number of anilines is 1. The van der Waals surface area contributed by atoms with Crippen molar-refractivity contribution in [2.24, 2.45) is 5.73 Å². The van der Waals surface area contributed by atoms with Gasteiger partial charge in [-0.05, 0) is 65.1 Å². The van der Waals surface area contributed by atoms with Gasteiger partial charge in [0.25, 0.3) is 5.91 Å². The van der Waals surface area contributed by atoms with Gasteiger partial charge in [-0.3, -0.25) is 9.59 Å². The second-order valence-electron chi connectivity index (χ2n) is 4.02. The lowest BCUT2D eigenvalue weighted by atomic mass is 10.2. The summed E-state index contributed by atoms with van der Waals surface area (Å²) in [6.07, 6.45) is 0. The largest absolute Gasteiger partial charge is 0.366 e. The van der Waals surface area contributed by atoms with E-state index in [1.165, 1.54) is 0 Å². The van der Waals surface area contributed by atoms with E-state index in [1.807, 2.05) is 0 Å². The molecular formula is C14H10ClIN2O2. The Morgan fingerprint density at radius 2 is 1.65 bits per heavy atom. The van der Waals surface area contributed by atoms with Crippen molar-refractivity contribution in [2.75, 3.05) is 5.32 Å². The summed E-state index contributed by atoms with van der Waals surface area (Å²) in [6, 6.07) is 11.4. The number of primary amides is 1. The molecule has 0 saturated heterocycles. The Morgan fingerprint density at radius 1 is 1.05 bits per heavy atom. The summed E-state index contributed by atoms with van der Waals surface area (Å²) in [5.74, 6) is -0.749. The monoisotopic (exact) mass is 400 g/mol. The molecule has 0 aromatic heterocycles. The highest BCUT2D eigenvalue weighted by Gasteiger charge is 2.08. The Hall–Kier alpha value is -1.60. The van der Waals surface area contributed by atoms with Gasteiger partial charge in [0.05, 0.1) is 5.02 Å². The molecule has 2 rings (SSSR count). The van der Waals surface area contributed by atoms with Crippen LogP contribution in [0, 0.1) is 3.57 Å². The molecule has 0 heterocycles. The van der Waals surface area contributed by atoms with Crippen LogP contribution >= 0.6 is 34.2 Å². The van der Waals surface area contributed by atoms with Gasteiger partial charge in [-0.25, -0.2) is 0 Å². The molecule has 2 aromatic carbocycles. The molecule has 0 aliphatic heterocycles. The quantitative estimate of drug-likeness (QED) is 0.776. The first kappa shape index (κ1) is 14.8. The zero-order chi connectivity index (χ0) is 14.7. The number of carbonyl (C=O) groups excluding carboxylic acids is 2. The molecule has 0 unspecified atom stereocenters. The summed E-state index contributed by atoms with van der Waals surface area (Å²) in [4.78, 5) is 23.0. The van der Waals surface area contributed by atoms with Gasteiger partial charge in [0, 0.05) is 20.4 Å². The van der Waals surface area contributed by atoms with Crippen molar-refractivity contribution >= 4 is 51.7 Å². The molecule has 3 N–H and O–H groups in total. The Labute approximate surface area is 134 Å². The molecule has 0 atom stereocenters. The van der Waals surface area contributed by atoms with Crippen molar-refractivity contribution in [3.05, 3.63) is 62.2 Å². The Balaban J connectivity index is 2.14. The minimum Gasteiger partial charge on any atom is -0.366 e. The fourth-order valence-corrected chi connectivity index (χ4v) is 2.19. The van der Waals surface area contributed by atoms with Gasteiger partial charge in [-0.1, -0.05) is 11.6 Å². The van der Waals surface area contributed by atoms with Crippen molar-refractivity contribution in [3.8, 4) is 0 Å². The van der Waals surface area contributed by atoms with Crippen LogP contribution in [0.1, 0.15) is 20.7 Å². The molecule has 0 radical (unpaired) electrons. The fraction of sp³-hybridized carbons (Fsp3) is 0. The Morgan fingerprint density at radius 3 is 2.20 bits per heavy atom. The van der Waals surface area contributed by atoms with Crippen molar-refractivity contribution in [1.82, 2.24) is 0 Å². The number of hydrogen-bond donors (Lipinski definition) is 2. The van der Waals surface area contributed by atoms with Crippen LogP contribution in [0.4, 0.5) is 5.69 Å². The minimum atomic E-state index is -0.505. The first-order chi connectivity index (χ1) is 9.47. The van der Waals surface area contributed by atoms with Crippen molar-refractivity contribution in [2.45, 2.75) is 0 Å². The van der Waals surface area contributed by atoms with Crippen LogP contribution in [0.2, 0.25) is 5.02 Å². The van der Waals surface area contributed by atoms with Crippen LogP contribution < -0.4 is 11.1 Å². The smallest absolute Gasteiger partial charge is 0.255 e. The van der Waals surface area contributed by atoms with Crippen LogP contribution in [0.5, 0.6) is 0 Å². The summed E-state index contributed by atoms with van der Waals surface area (Å²) >= 11 is 7.97. The van der Waals surface area contributed by atoms with Crippen LogP contribution in [0.15, 0.2) is 42.5 Å². The maximum atomic E-state index is 12.0. The summed E-state index contributed by atoms with van der Waals surface area (Å²) in [7, 11) is 0. The number of carbonyl (C=O) groups is 2. The van der Waals surface area contributed by atoms with Crippen molar-refractivity contribution < 1.29 is 9.59 Å². The van der Waals surface area contributed by atoms with E-state index in [-0.39, 0.29) is 5.91 Å². The van der Waals surface area contributed by atoms with Crippen molar-refractivity contribution in [1.29, 1.82) is 0 Å². The predicted molar refractivity (Wildman–Crippen MR) is 87.1 cm³/mol. The van der Waals surface area contributed by atoms with Crippen LogP contribution in [0.25, 0.3) is 0 Å². The topological polar surface area (TPSA) is 72.2 Å². The molecular weight excluding hydrogens is 391 g/mol. The van der Waals surface area contributed by atoms with Gasteiger partial charge in [0.2, 0.25) is 5.91 Å². The highest BCUT2D eigenvalue weighted by Crippen LogP contribution is 2.20. The maximum absolute atomic E-state index is 12.0. The SMILES string of the molecule is NC(=O)c1ccc(NC(=O)c2ccc(Cl)c(I)c2)cc1. The second-order valence-corrected chi connectivity index (χ2v) is 5.59. The summed E-state index contributed by atoms with van der Waals surface area (Å²) in [6.45, 7) is 0. The van der Waals surface area contributed by atoms with Gasteiger partial charge in [-0.2, -0.15) is 0 Å². The standard InChI is InChI=1S/C14H10ClIN2O2/c15-11-6-3-9(7-12(11)16)14(20)18-10-4-1-8(2-5-10)13(17)19/h1-7H,(H2,17,19)(H,18,20). The third-order valence-electron chi connectivity index (χ3n) is 2.61. The molecule has 2 amide bonds. The first-order valence-corrected chi connectivity index (χ1v) is 7.09. The second kappa shape index (κ2) is 6.23. The highest BCUT2D eigenvalue weighted by molar-refractivity contribution is 14.1. The third-order valence-corrected chi connectivity index (χ3v) is 4.15. The van der Waals surface area contributed by atoms with Crippen molar-refractivity contribution in [3.63, 3.8) is 0 Å². The molecule has 102 valence electrons. The number of halogens is 2. The molecule has 0 spiro atoms. The van der Waals surface area contributed by atoms with E-state index in [0.29, 0.717) is 21.8 Å². The molecule has 0 saturated carbocycles. The minimum absolute atomic E-state index is 0.244. The van der Waals surface area contributed by atoms with Crippen LogP contribution in [-0.4, -0.2) is 11.8 Å². The average molecular weight is 401 g/mol. The number of nitrogens with one attached hydrogen (secondary N) is 1. The van der Waals surface area contributed by atoms with E-state index in [9.17, 15) is 9.59 Å². The molecule has 2 aromatic rings. The van der Waals surface area contributed by atoms with E-state index in [4.69, 9.17) is 17.3 Å². The average Bonchev–Trinajstić information content (AvgIpc) is 2.42. The van der Waals surface area contributed by atoms with E-state index in [0.717, 1.165) is 3.57 Å². The number of hydrogen-bond acceptors (Lipinski definition) is 2. The van der Waals surface area contributed by atoms with E-state index >= 15 is 0 Å². The van der Waals surface area contributed by atoms with Gasteiger partial charge in [0.15, 0.2) is 0 Å². The molecule has 0 bridgehead atoms. The Bertz CT molecular complexity index is 671. The van der Waals surface area contributed by atoms with Gasteiger partial charge in [0.1, 0.15) is 0 Å². The fourth-order valence-electron chi connectivity index (χ4n) is 1.56. The highest BCUT2D eigenvalue weighted by atomic mass is 127. The Kier molecular flexibility index (Phi) is 4.61. The number of nitrogens with two attached hydrogens (primary N) is 1. The number of rotatable bonds is 3. The molecule has 0 aliphatic carbocycles. The maximum Gasteiger partial charge on any atom is 0.255 e. The van der Waals surface area contributed by atoms with E-state index < -0.39 is 5.91 Å². The van der Waals surface area contributed by atoms with Gasteiger partial charge < -0.3 is 11.1 Å². The molecule has 4 nitrogen and oxygen atoms in total. The first-order valence-electron chi connectivity index (χ1n) is 5.63. The lowest BCUT2D eigenvalue weighted by Crippen LogP contribution is -2.13. The molecule has 20 heavy (non-hydrogen) atoms.